The van der Waals surface area contributed by atoms with E-state index in [1.54, 1.807) is 0 Å². The fourth-order valence-electron chi connectivity index (χ4n) is 4.03. The van der Waals surface area contributed by atoms with Gasteiger partial charge in [0.05, 0.1) is 6.10 Å². The minimum absolute atomic E-state index is 0.0770. The highest BCUT2D eigenvalue weighted by Crippen LogP contribution is 2.55. The predicted molar refractivity (Wildman–Crippen MR) is 67.7 cm³/mol. The topological polar surface area (TPSA) is 46.5 Å². The maximum Gasteiger partial charge on any atom is 0.334 e. The van der Waals surface area contributed by atoms with Gasteiger partial charge in [0.15, 0.2) is 0 Å². The molecule has 2 fully saturated rings. The third-order valence-electron chi connectivity index (χ3n) is 5.32. The Hall–Kier alpha value is -1.09. The summed E-state index contributed by atoms with van der Waals surface area (Å²) < 4.78 is 5.41. The van der Waals surface area contributed by atoms with Gasteiger partial charge in [-0.25, -0.2) is 4.79 Å². The minimum atomic E-state index is -0.334. The Balaban J connectivity index is 1.96. The summed E-state index contributed by atoms with van der Waals surface area (Å²) in [5.74, 6) is 0.237. The molecule has 1 saturated carbocycles. The molecule has 1 heterocycles. The lowest BCUT2D eigenvalue weighted by molar-refractivity contribution is -0.145. The molecule has 0 bridgehead atoms. The standard InChI is InChI=1S/C15H20O3/c1-8-4-5-13(16)15(3)7-12-10(6-11(8)15)9(2)14(17)18-12/h4,10-13,16H,2,5-7H2,1,3H3/t10-,11-,12-,13-,15-/m0/s1. The van der Waals surface area contributed by atoms with E-state index >= 15 is 0 Å². The highest BCUT2D eigenvalue weighted by atomic mass is 16.6. The van der Waals surface area contributed by atoms with Gasteiger partial charge in [0, 0.05) is 16.9 Å². The first-order valence-corrected chi connectivity index (χ1v) is 6.68. The Bertz CT molecular complexity index is 451. The Morgan fingerprint density at radius 1 is 1.56 bits per heavy atom. The summed E-state index contributed by atoms with van der Waals surface area (Å²) in [6, 6.07) is 0. The van der Waals surface area contributed by atoms with Crippen LogP contribution in [0.3, 0.4) is 0 Å². The van der Waals surface area contributed by atoms with E-state index in [0.717, 1.165) is 12.8 Å². The van der Waals surface area contributed by atoms with Crippen molar-refractivity contribution in [2.45, 2.75) is 45.3 Å². The number of aliphatic hydroxyl groups excluding tert-OH is 1. The zero-order valence-corrected chi connectivity index (χ0v) is 11.0. The van der Waals surface area contributed by atoms with Crippen LogP contribution in [0.5, 0.6) is 0 Å². The summed E-state index contributed by atoms with van der Waals surface area (Å²) in [5.41, 5.74) is 1.80. The van der Waals surface area contributed by atoms with Crippen LogP contribution in [0.25, 0.3) is 0 Å². The van der Waals surface area contributed by atoms with Gasteiger partial charge in [-0.05, 0) is 32.1 Å². The van der Waals surface area contributed by atoms with E-state index in [9.17, 15) is 9.90 Å². The third kappa shape index (κ3) is 1.43. The normalized spacial score (nSPS) is 47.2. The number of fused-ring (bicyclic) bond motifs is 2. The first-order valence-electron chi connectivity index (χ1n) is 6.68. The second-order valence-electron chi connectivity index (χ2n) is 6.27. The van der Waals surface area contributed by atoms with Crippen LogP contribution in [0.1, 0.15) is 33.1 Å². The number of hydrogen-bond donors (Lipinski definition) is 1. The average molecular weight is 248 g/mol. The first-order chi connectivity index (χ1) is 8.43. The van der Waals surface area contributed by atoms with Gasteiger partial charge in [0.25, 0.3) is 0 Å². The van der Waals surface area contributed by atoms with Gasteiger partial charge in [-0.3, -0.25) is 0 Å². The summed E-state index contributed by atoms with van der Waals surface area (Å²) in [4.78, 5) is 11.6. The summed E-state index contributed by atoms with van der Waals surface area (Å²) >= 11 is 0. The Labute approximate surface area is 108 Å². The second kappa shape index (κ2) is 3.70. The lowest BCUT2D eigenvalue weighted by Gasteiger charge is -2.50. The summed E-state index contributed by atoms with van der Waals surface area (Å²) in [7, 11) is 0. The van der Waals surface area contributed by atoms with Crippen LogP contribution in [-0.2, 0) is 9.53 Å². The van der Waals surface area contributed by atoms with Gasteiger partial charge in [0.2, 0.25) is 0 Å². The predicted octanol–water partition coefficient (Wildman–Crippen LogP) is 2.21. The molecule has 1 saturated heterocycles. The van der Waals surface area contributed by atoms with E-state index in [-0.39, 0.29) is 29.5 Å². The van der Waals surface area contributed by atoms with Crippen molar-refractivity contribution >= 4 is 5.97 Å². The summed E-state index contributed by atoms with van der Waals surface area (Å²) in [5, 5.41) is 10.3. The van der Waals surface area contributed by atoms with E-state index in [0.29, 0.717) is 17.9 Å². The lowest BCUT2D eigenvalue weighted by atomic mass is 9.56. The molecule has 0 aromatic carbocycles. The molecular formula is C15H20O3. The molecular weight excluding hydrogens is 228 g/mol. The molecule has 1 aliphatic heterocycles. The highest BCUT2D eigenvalue weighted by Gasteiger charge is 2.55. The third-order valence-corrected chi connectivity index (χ3v) is 5.32. The largest absolute Gasteiger partial charge is 0.458 e. The molecule has 3 nitrogen and oxygen atoms in total. The molecule has 18 heavy (non-hydrogen) atoms. The minimum Gasteiger partial charge on any atom is -0.458 e. The van der Waals surface area contributed by atoms with Crippen LogP contribution < -0.4 is 0 Å². The second-order valence-corrected chi connectivity index (χ2v) is 6.27. The number of carbonyl (C=O) groups excluding carboxylic acids is 1. The van der Waals surface area contributed by atoms with E-state index in [2.05, 4.69) is 26.5 Å². The molecule has 3 aliphatic rings. The van der Waals surface area contributed by atoms with Gasteiger partial charge in [-0.1, -0.05) is 25.2 Å². The van der Waals surface area contributed by atoms with E-state index < -0.39 is 0 Å². The van der Waals surface area contributed by atoms with Gasteiger partial charge >= 0.3 is 5.97 Å². The van der Waals surface area contributed by atoms with Crippen molar-refractivity contribution in [2.75, 3.05) is 0 Å². The fourth-order valence-corrected chi connectivity index (χ4v) is 4.03. The molecule has 2 aliphatic carbocycles. The van der Waals surface area contributed by atoms with E-state index in [1.807, 2.05) is 0 Å². The number of esters is 1. The van der Waals surface area contributed by atoms with E-state index in [1.165, 1.54) is 5.57 Å². The quantitative estimate of drug-likeness (QED) is 0.406. The maximum atomic E-state index is 11.6. The van der Waals surface area contributed by atoms with Gasteiger partial charge < -0.3 is 9.84 Å². The van der Waals surface area contributed by atoms with Crippen LogP contribution in [0.2, 0.25) is 0 Å². The Kier molecular flexibility index (Phi) is 2.46. The molecule has 0 aromatic rings. The Morgan fingerprint density at radius 3 is 3.00 bits per heavy atom. The van der Waals surface area contributed by atoms with Gasteiger partial charge in [-0.15, -0.1) is 0 Å². The summed E-state index contributed by atoms with van der Waals surface area (Å²) in [6.07, 6.45) is 4.07. The molecule has 5 atom stereocenters. The van der Waals surface area contributed by atoms with Crippen LogP contribution in [0.4, 0.5) is 0 Å². The zero-order chi connectivity index (χ0) is 13.1. The van der Waals surface area contributed by atoms with Crippen molar-refractivity contribution < 1.29 is 14.6 Å². The smallest absolute Gasteiger partial charge is 0.334 e. The molecule has 1 N–H and O–H groups in total. The molecule has 3 rings (SSSR count). The number of hydrogen-bond acceptors (Lipinski definition) is 3. The lowest BCUT2D eigenvalue weighted by Crippen LogP contribution is -2.49. The number of rotatable bonds is 0. The average Bonchev–Trinajstić information content (AvgIpc) is 2.58. The number of aliphatic hydroxyl groups is 1. The summed E-state index contributed by atoms with van der Waals surface area (Å²) in [6.45, 7) is 8.13. The van der Waals surface area contributed by atoms with Crippen LogP contribution in [0, 0.1) is 17.3 Å². The van der Waals surface area contributed by atoms with Crippen LogP contribution in [0.15, 0.2) is 23.8 Å². The molecule has 3 heteroatoms. The van der Waals surface area contributed by atoms with Crippen LogP contribution >= 0.6 is 0 Å². The van der Waals surface area contributed by atoms with Gasteiger partial charge in [0.1, 0.15) is 6.10 Å². The number of carbonyl (C=O) groups is 1. The van der Waals surface area contributed by atoms with Crippen molar-refractivity contribution in [2.24, 2.45) is 17.3 Å². The molecule has 0 spiro atoms. The molecule has 0 radical (unpaired) electrons. The van der Waals surface area contributed by atoms with Crippen molar-refractivity contribution in [3.8, 4) is 0 Å². The monoisotopic (exact) mass is 248 g/mol. The van der Waals surface area contributed by atoms with Crippen molar-refractivity contribution in [1.82, 2.24) is 0 Å². The number of allylic oxidation sites excluding steroid dienone is 1. The fraction of sp³-hybridized carbons (Fsp3) is 0.667. The van der Waals surface area contributed by atoms with Gasteiger partial charge in [-0.2, -0.15) is 0 Å². The molecule has 0 unspecified atom stereocenters. The van der Waals surface area contributed by atoms with Crippen molar-refractivity contribution in [3.05, 3.63) is 23.8 Å². The molecule has 0 aromatic heterocycles. The SMILES string of the molecule is C=C1C(=O)O[C@H]2C[C@]3(C)[C@@H](O)CC=C(C)[C@@H]3C[C@@H]12. The zero-order valence-electron chi connectivity index (χ0n) is 11.0. The molecule has 98 valence electrons. The molecule has 0 amide bonds. The van der Waals surface area contributed by atoms with E-state index in [4.69, 9.17) is 4.74 Å². The van der Waals surface area contributed by atoms with Crippen molar-refractivity contribution in [1.29, 1.82) is 0 Å². The maximum absolute atomic E-state index is 11.6. The number of ether oxygens (including phenoxy) is 1. The van der Waals surface area contributed by atoms with Crippen molar-refractivity contribution in [3.63, 3.8) is 0 Å². The Morgan fingerprint density at radius 2 is 2.28 bits per heavy atom. The highest BCUT2D eigenvalue weighted by molar-refractivity contribution is 5.90. The first kappa shape index (κ1) is 12.0. The van der Waals surface area contributed by atoms with Crippen LogP contribution in [-0.4, -0.2) is 23.3 Å².